The van der Waals surface area contributed by atoms with Crippen molar-refractivity contribution < 1.29 is 19.6 Å². The van der Waals surface area contributed by atoms with Crippen LogP contribution in [0.2, 0.25) is 15.1 Å². The number of carbonyl (C=O) groups excluding carboxylic acids is 2. The van der Waals surface area contributed by atoms with E-state index in [2.05, 4.69) is 107 Å². The van der Waals surface area contributed by atoms with Crippen molar-refractivity contribution in [3.05, 3.63) is 271 Å². The fourth-order valence-electron chi connectivity index (χ4n) is 13.1. The maximum atomic E-state index is 13.1. The average Bonchev–Trinajstić information content (AvgIpc) is 1.61. The van der Waals surface area contributed by atoms with Crippen LogP contribution in [0.5, 0.6) is 0 Å². The molecule has 0 unspecified atom stereocenters. The number of imidazole rings is 1. The Morgan fingerprint density at radius 2 is 0.981 bits per heavy atom. The topological polar surface area (TPSA) is 269 Å². The summed E-state index contributed by atoms with van der Waals surface area (Å²) in [5, 5.41) is 56.8. The normalized spacial score (nSPS) is 14.8. The molecule has 10 heterocycles. The number of carbonyl (C=O) groups is 2. The summed E-state index contributed by atoms with van der Waals surface area (Å²) in [5.41, 5.74) is 15.9. The number of nitrogens with one attached hydrogen (secondary N) is 3. The highest BCUT2D eigenvalue weighted by Gasteiger charge is 2.36. The van der Waals surface area contributed by atoms with Crippen LogP contribution >= 0.6 is 68.8 Å². The molecule has 5 aromatic carbocycles. The first-order valence-corrected chi connectivity index (χ1v) is 38.7. The van der Waals surface area contributed by atoms with Crippen molar-refractivity contribution in [2.75, 3.05) is 26.2 Å². The van der Waals surface area contributed by atoms with E-state index in [1.807, 2.05) is 148 Å². The number of amides is 1. The molecule has 546 valence electrons. The van der Waals surface area contributed by atoms with Crippen LogP contribution < -0.4 is 16.1 Å². The number of aromatic nitrogens is 11. The first kappa shape index (κ1) is 75.7. The molecule has 12 aromatic rings. The van der Waals surface area contributed by atoms with Crippen LogP contribution in [0.15, 0.2) is 154 Å². The number of nitrogens with zero attached hydrogens (tertiary/aromatic N) is 14. The molecule has 28 heteroatoms. The monoisotopic (exact) mass is 1540 g/mol. The lowest BCUT2D eigenvalue weighted by Crippen LogP contribution is -2.30. The van der Waals surface area contributed by atoms with Gasteiger partial charge in [-0.05, 0) is 158 Å². The summed E-state index contributed by atoms with van der Waals surface area (Å²) in [6, 6.07) is 37.1. The molecule has 0 spiro atoms. The van der Waals surface area contributed by atoms with E-state index in [1.54, 1.807) is 58.6 Å². The molecule has 0 saturated heterocycles. The van der Waals surface area contributed by atoms with Crippen LogP contribution in [-0.2, 0) is 22.4 Å². The van der Waals surface area contributed by atoms with Crippen molar-refractivity contribution in [2.45, 2.75) is 119 Å². The number of benzene rings is 5. The molecule has 1 amide bonds. The molecule has 7 aromatic heterocycles. The van der Waals surface area contributed by atoms with E-state index in [0.717, 1.165) is 136 Å². The highest BCUT2D eigenvalue weighted by Crippen LogP contribution is 2.43. The van der Waals surface area contributed by atoms with Crippen LogP contribution in [0.1, 0.15) is 160 Å². The van der Waals surface area contributed by atoms with Gasteiger partial charge in [0.25, 0.3) is 0 Å². The molecule has 107 heavy (non-hydrogen) atoms. The Morgan fingerprint density at radius 3 is 1.42 bits per heavy atom. The number of fused-ring (bicyclic) bond motifs is 9. The smallest absolute Gasteiger partial charge is 0.423 e. The van der Waals surface area contributed by atoms with Gasteiger partial charge in [-0.15, -0.1) is 64.6 Å². The van der Waals surface area contributed by atoms with Crippen molar-refractivity contribution in [2.24, 2.45) is 20.0 Å². The van der Waals surface area contributed by atoms with Crippen molar-refractivity contribution in [1.29, 1.82) is 0 Å². The van der Waals surface area contributed by atoms with Gasteiger partial charge in [0.2, 0.25) is 5.91 Å². The Morgan fingerprint density at radius 1 is 0.542 bits per heavy atom. The van der Waals surface area contributed by atoms with Crippen molar-refractivity contribution in [1.82, 2.24) is 64.9 Å². The highest BCUT2D eigenvalue weighted by molar-refractivity contribution is 7.16. The van der Waals surface area contributed by atoms with Gasteiger partial charge in [-0.25, -0.2) is 4.98 Å². The number of thiophene rings is 3. The molecule has 21 nitrogen and oxygen atoms in total. The van der Waals surface area contributed by atoms with Crippen molar-refractivity contribution in [3.63, 3.8) is 0 Å². The zero-order chi connectivity index (χ0) is 75.3. The summed E-state index contributed by atoms with van der Waals surface area (Å²) in [7, 11) is -1.50. The Labute approximate surface area is 647 Å². The van der Waals surface area contributed by atoms with Gasteiger partial charge in [0.05, 0.1) is 30.1 Å². The Hall–Kier alpha value is -9.54. The minimum atomic E-state index is -1.50. The van der Waals surface area contributed by atoms with Gasteiger partial charge in [0.1, 0.15) is 56.4 Å². The maximum absolute atomic E-state index is 13.1. The van der Waals surface area contributed by atoms with E-state index in [0.29, 0.717) is 51.7 Å². The lowest BCUT2D eigenvalue weighted by molar-refractivity contribution is -0.121. The number of aryl methyl sites for hydroxylation is 8. The lowest BCUT2D eigenvalue weighted by Gasteiger charge is -2.14. The lowest BCUT2D eigenvalue weighted by atomic mass is 9.80. The van der Waals surface area contributed by atoms with Gasteiger partial charge >= 0.3 is 7.12 Å². The molecule has 3 aliphatic rings. The fraction of sp³-hybridized carbons (Fsp3) is 0.278. The minimum absolute atomic E-state index is 0.00655. The molecule has 0 saturated carbocycles. The SMILES string of the molecule is Cc1ccc(C=NCC(=O)C[C@@H]2N=C(c3ccc(Cl)cc3)c3c(sc(C)c3C)-n3c(C)nnc32)cc1.Cc1sc2c(c1C)C(c1ccc(Cl)cc1)=N[C@@H](CC(=O)NCCc1ccc(B(O)O)cc1)c1nnc(C)n1-2.Cc1sc2c(c1C)C(c1ccc(Cl)cc1)=N[C@@H](CNCCCc1ncc[nH]1)c1nnc(C)n1-2. The second kappa shape index (κ2) is 33.3. The first-order valence-electron chi connectivity index (χ1n) is 35.1. The van der Waals surface area contributed by atoms with Crippen LogP contribution in [0.3, 0.4) is 0 Å². The van der Waals surface area contributed by atoms with Gasteiger partial charge in [-0.2, -0.15) is 0 Å². The molecule has 5 N–H and O–H groups in total. The van der Waals surface area contributed by atoms with Gasteiger partial charge in [0, 0.05) is 108 Å². The number of aromatic amines is 1. The summed E-state index contributed by atoms with van der Waals surface area (Å²) in [6.07, 6.45) is 8.22. The number of hydrogen-bond donors (Lipinski definition) is 5. The molecular formula is C79H79BCl3N17O4S3. The number of ketones is 1. The zero-order valence-electron chi connectivity index (χ0n) is 60.8. The Bertz CT molecular complexity index is 5350. The van der Waals surface area contributed by atoms with Crippen molar-refractivity contribution in [3.8, 4) is 15.0 Å². The fourth-order valence-corrected chi connectivity index (χ4v) is 17.1. The Balaban J connectivity index is 0.000000142. The third kappa shape index (κ3) is 16.8. The predicted octanol–water partition coefficient (Wildman–Crippen LogP) is 14.2. The number of H-pyrrole nitrogens is 1. The standard InChI is InChI=1S/C28H26ClN5OS.C27H27BClN5O3S.C24H26ClN7S/c1-16-5-7-20(8-6-16)14-30-15-23(35)13-24-27-33-32-19(4)34(27)28-25(17(2)18(3)36-28)26(31-24)21-9-11-22(29)12-10-21;1-15-16(2)38-27-24(15)25(19-6-10-21(29)11-7-19)31-22(26-33-32-17(3)34(26)27)14-23(35)30-13-12-18-4-8-20(9-5-18)28(36)37;1-14-15(2)33-24-21(14)22(17-6-8-18(25)9-7-17)29-19(23-31-30-16(3)32(23)24)13-26-10-4-5-20-27-11-12-28-20/h5-12,14,24H,13,15H2,1-4H3;4-11,22,36-37H,12-14H2,1-3H3,(H,30,35);6-9,11-12,19,26H,4-5,10,13H2,1-3H3,(H,27,28)/t24-;22-;19-/m000/s1. The van der Waals surface area contributed by atoms with Crippen LogP contribution in [-0.4, -0.2) is 133 Å². The van der Waals surface area contributed by atoms with E-state index in [-0.39, 0.29) is 37.1 Å². The summed E-state index contributed by atoms with van der Waals surface area (Å²) < 4.78 is 6.27. The largest absolute Gasteiger partial charge is 0.488 e. The predicted molar refractivity (Wildman–Crippen MR) is 430 cm³/mol. The van der Waals surface area contributed by atoms with E-state index in [9.17, 15) is 19.6 Å². The third-order valence-corrected chi connectivity index (χ3v) is 23.5. The molecule has 0 radical (unpaired) electrons. The molecule has 3 aliphatic heterocycles. The molecule has 0 fully saturated rings. The number of Topliss-reactive ketones (excluding diaryl/α,β-unsaturated/α-hetero) is 1. The second-order valence-electron chi connectivity index (χ2n) is 26.6. The van der Waals surface area contributed by atoms with E-state index >= 15 is 0 Å². The molecule has 15 rings (SSSR count). The zero-order valence-corrected chi connectivity index (χ0v) is 65.5. The third-order valence-electron chi connectivity index (χ3n) is 19.1. The summed E-state index contributed by atoms with van der Waals surface area (Å²) >= 11 is 23.7. The molecular weight excluding hydrogens is 1460 g/mol. The summed E-state index contributed by atoms with van der Waals surface area (Å²) in [5.74, 6) is 5.46. The second-order valence-corrected chi connectivity index (χ2v) is 31.5. The van der Waals surface area contributed by atoms with E-state index in [4.69, 9.17) is 49.8 Å². The van der Waals surface area contributed by atoms with E-state index < -0.39 is 19.2 Å². The van der Waals surface area contributed by atoms with Gasteiger partial charge < -0.3 is 25.7 Å². The van der Waals surface area contributed by atoms with E-state index in [1.165, 1.54) is 25.8 Å². The van der Waals surface area contributed by atoms with Crippen LogP contribution in [0.25, 0.3) is 15.0 Å². The Kier molecular flexibility index (Phi) is 23.6. The summed E-state index contributed by atoms with van der Waals surface area (Å²) in [4.78, 5) is 57.2. The van der Waals surface area contributed by atoms with Crippen LogP contribution in [0, 0.1) is 69.2 Å². The first-order chi connectivity index (χ1) is 51.6. The summed E-state index contributed by atoms with van der Waals surface area (Å²) in [6.45, 7) is 22.7. The quantitative estimate of drug-likeness (QED) is 0.0271. The molecule has 0 aliphatic carbocycles. The number of halogens is 3. The maximum Gasteiger partial charge on any atom is 0.488 e. The minimum Gasteiger partial charge on any atom is -0.423 e. The van der Waals surface area contributed by atoms with Crippen LogP contribution in [0.4, 0.5) is 0 Å². The van der Waals surface area contributed by atoms with Gasteiger partial charge in [-0.1, -0.05) is 125 Å². The molecule has 3 atom stereocenters. The number of hydrogen-bond acceptors (Lipinski definition) is 19. The van der Waals surface area contributed by atoms with Gasteiger partial charge in [0.15, 0.2) is 23.3 Å². The average molecular weight is 1540 g/mol. The van der Waals surface area contributed by atoms with Crippen molar-refractivity contribution >= 4 is 116 Å². The number of rotatable bonds is 20. The number of aliphatic imine (C=N–C) groups is 4. The van der Waals surface area contributed by atoms with Gasteiger partial charge in [-0.3, -0.25) is 43.3 Å². The highest BCUT2D eigenvalue weighted by atomic mass is 35.5. The molecule has 0 bridgehead atoms.